The number of piperidine rings is 1. The molecular formula is C27H34F3N3O3. The van der Waals surface area contributed by atoms with Gasteiger partial charge in [0.25, 0.3) is 5.91 Å². The van der Waals surface area contributed by atoms with E-state index in [1.807, 2.05) is 12.1 Å². The molecule has 36 heavy (non-hydrogen) atoms. The molecule has 1 unspecified atom stereocenters. The van der Waals surface area contributed by atoms with Crippen molar-refractivity contribution in [1.82, 2.24) is 15.5 Å². The van der Waals surface area contributed by atoms with Gasteiger partial charge in [0.2, 0.25) is 11.8 Å². The quantitative estimate of drug-likeness (QED) is 0.587. The second-order valence-electron chi connectivity index (χ2n) is 11.0. The van der Waals surface area contributed by atoms with Gasteiger partial charge in [0.05, 0.1) is 5.92 Å². The van der Waals surface area contributed by atoms with E-state index in [4.69, 9.17) is 0 Å². The number of hydrogen-bond acceptors (Lipinski definition) is 4. The Morgan fingerprint density at radius 3 is 2.44 bits per heavy atom. The van der Waals surface area contributed by atoms with Crippen LogP contribution in [0.25, 0.3) is 0 Å². The van der Waals surface area contributed by atoms with Crippen molar-refractivity contribution >= 4 is 17.7 Å². The molecule has 2 aliphatic heterocycles. The number of nitrogens with one attached hydrogen (secondary N) is 2. The summed E-state index contributed by atoms with van der Waals surface area (Å²) in [6.07, 6.45) is 3.31. The van der Waals surface area contributed by atoms with Crippen molar-refractivity contribution in [2.45, 2.75) is 101 Å². The third-order valence-electron chi connectivity index (χ3n) is 8.63. The first-order valence-corrected chi connectivity index (χ1v) is 13.3. The number of fused-ring (bicyclic) bond motifs is 1. The molecule has 2 heterocycles. The highest BCUT2D eigenvalue weighted by Crippen LogP contribution is 2.38. The van der Waals surface area contributed by atoms with E-state index in [1.165, 1.54) is 0 Å². The molecule has 2 N–H and O–H groups in total. The smallest absolute Gasteiger partial charge is 0.322 e. The number of carbonyl (C=O) groups excluding carboxylic acids is 3. The summed E-state index contributed by atoms with van der Waals surface area (Å²) >= 11 is 0. The van der Waals surface area contributed by atoms with Gasteiger partial charge in [-0.15, -0.1) is 0 Å². The Morgan fingerprint density at radius 1 is 0.972 bits per heavy atom. The van der Waals surface area contributed by atoms with E-state index in [-0.39, 0.29) is 37.1 Å². The Kier molecular flexibility index (Phi) is 7.12. The van der Waals surface area contributed by atoms with Gasteiger partial charge < -0.3 is 10.2 Å². The minimum Gasteiger partial charge on any atom is -0.322 e. The standard InChI is InChI=1S/C27H34F3N3O3/c28-27(29,30)19-6-8-20(9-7-19)31-22-4-2-1-3-17(22)13-16-5-10-21-18(14-16)15-33(26(21)36)23-11-12-24(34)32-25(23)35/h5,10,14,17,19-20,22-23,31H,1-4,6-9,11-13,15H2,(H,32,34,35)/t17-,19-,20-,22+,23?/m1/s1. The molecule has 1 aromatic rings. The Bertz CT molecular complexity index is 1020. The second kappa shape index (κ2) is 10.1. The zero-order chi connectivity index (χ0) is 25.4. The highest BCUT2D eigenvalue weighted by Gasteiger charge is 2.42. The van der Waals surface area contributed by atoms with Gasteiger partial charge in [-0.3, -0.25) is 19.7 Å². The van der Waals surface area contributed by atoms with Gasteiger partial charge in [-0.1, -0.05) is 25.0 Å². The average Bonchev–Trinajstić information content (AvgIpc) is 3.15. The molecule has 3 atom stereocenters. The second-order valence-corrected chi connectivity index (χ2v) is 11.0. The van der Waals surface area contributed by atoms with Crippen LogP contribution in [-0.2, 0) is 22.6 Å². The van der Waals surface area contributed by atoms with Gasteiger partial charge in [-0.2, -0.15) is 13.2 Å². The molecule has 1 aromatic carbocycles. The molecule has 3 fully saturated rings. The first kappa shape index (κ1) is 25.2. The average molecular weight is 506 g/mol. The van der Waals surface area contributed by atoms with E-state index >= 15 is 0 Å². The van der Waals surface area contributed by atoms with Crippen LogP contribution >= 0.6 is 0 Å². The van der Waals surface area contributed by atoms with E-state index in [0.29, 0.717) is 43.3 Å². The molecule has 4 aliphatic rings. The maximum Gasteiger partial charge on any atom is 0.391 e. The SMILES string of the molecule is O=C1CCC(N2Cc3cc(C[C@H]4CCCC[C@@H]4N[C@H]4CC[C@H](C(F)(F)F)CC4)ccc3C2=O)C(=O)N1. The molecule has 2 saturated carbocycles. The van der Waals surface area contributed by atoms with E-state index in [1.54, 1.807) is 4.90 Å². The van der Waals surface area contributed by atoms with Crippen LogP contribution in [0.3, 0.4) is 0 Å². The first-order chi connectivity index (χ1) is 17.2. The molecular weight excluding hydrogens is 471 g/mol. The van der Waals surface area contributed by atoms with Gasteiger partial charge >= 0.3 is 6.18 Å². The first-order valence-electron chi connectivity index (χ1n) is 13.3. The van der Waals surface area contributed by atoms with Crippen molar-refractivity contribution < 1.29 is 27.6 Å². The van der Waals surface area contributed by atoms with Crippen LogP contribution in [0.4, 0.5) is 13.2 Å². The van der Waals surface area contributed by atoms with Crippen LogP contribution in [-0.4, -0.2) is 46.9 Å². The number of rotatable bonds is 5. The number of alkyl halides is 3. The number of imide groups is 1. The van der Waals surface area contributed by atoms with E-state index in [9.17, 15) is 27.6 Å². The molecule has 2 aliphatic carbocycles. The van der Waals surface area contributed by atoms with Crippen LogP contribution in [0, 0.1) is 11.8 Å². The van der Waals surface area contributed by atoms with Gasteiger partial charge in [0.15, 0.2) is 0 Å². The molecule has 0 aromatic heterocycles. The Labute approximate surface area is 209 Å². The van der Waals surface area contributed by atoms with Crippen molar-refractivity contribution in [2.24, 2.45) is 11.8 Å². The molecule has 3 amide bonds. The van der Waals surface area contributed by atoms with E-state index in [0.717, 1.165) is 43.2 Å². The van der Waals surface area contributed by atoms with Crippen molar-refractivity contribution in [2.75, 3.05) is 0 Å². The molecule has 0 radical (unpaired) electrons. The molecule has 0 spiro atoms. The molecule has 9 heteroatoms. The lowest BCUT2D eigenvalue weighted by Gasteiger charge is -2.38. The zero-order valence-electron chi connectivity index (χ0n) is 20.4. The van der Waals surface area contributed by atoms with Crippen molar-refractivity contribution in [1.29, 1.82) is 0 Å². The van der Waals surface area contributed by atoms with E-state index in [2.05, 4.69) is 16.7 Å². The highest BCUT2D eigenvalue weighted by molar-refractivity contribution is 6.05. The summed E-state index contributed by atoms with van der Waals surface area (Å²) in [4.78, 5) is 38.3. The molecule has 196 valence electrons. The molecule has 6 nitrogen and oxygen atoms in total. The van der Waals surface area contributed by atoms with Crippen LogP contribution in [0.15, 0.2) is 18.2 Å². The number of benzene rings is 1. The summed E-state index contributed by atoms with van der Waals surface area (Å²) in [7, 11) is 0. The monoisotopic (exact) mass is 505 g/mol. The van der Waals surface area contributed by atoms with Crippen molar-refractivity contribution in [3.05, 3.63) is 34.9 Å². The number of halogens is 3. The van der Waals surface area contributed by atoms with E-state index < -0.39 is 24.0 Å². The summed E-state index contributed by atoms with van der Waals surface area (Å²) in [6, 6.07) is 5.73. The number of nitrogens with zero attached hydrogens (tertiary/aromatic N) is 1. The van der Waals surface area contributed by atoms with Crippen LogP contribution in [0.1, 0.15) is 85.7 Å². The van der Waals surface area contributed by atoms with Crippen LogP contribution < -0.4 is 10.6 Å². The Hall–Kier alpha value is -2.42. The molecule has 5 rings (SSSR count). The summed E-state index contributed by atoms with van der Waals surface area (Å²) < 4.78 is 39.1. The third-order valence-corrected chi connectivity index (χ3v) is 8.63. The lowest BCUT2D eigenvalue weighted by molar-refractivity contribution is -0.183. The minimum atomic E-state index is -4.08. The number of carbonyl (C=O) groups is 3. The summed E-state index contributed by atoms with van der Waals surface area (Å²) in [5.41, 5.74) is 2.67. The number of hydrogen-bond donors (Lipinski definition) is 2. The maximum atomic E-state index is 13.0. The minimum absolute atomic E-state index is 0.147. The highest BCUT2D eigenvalue weighted by atomic mass is 19.4. The van der Waals surface area contributed by atoms with Gasteiger partial charge in [-0.05, 0) is 74.5 Å². The largest absolute Gasteiger partial charge is 0.391 e. The normalized spacial score (nSPS) is 31.4. The van der Waals surface area contributed by atoms with Crippen molar-refractivity contribution in [3.8, 4) is 0 Å². The number of amides is 3. The van der Waals surface area contributed by atoms with Crippen LogP contribution in [0.5, 0.6) is 0 Å². The Morgan fingerprint density at radius 2 is 1.72 bits per heavy atom. The van der Waals surface area contributed by atoms with Crippen molar-refractivity contribution in [3.63, 3.8) is 0 Å². The fourth-order valence-electron chi connectivity index (χ4n) is 6.62. The summed E-state index contributed by atoms with van der Waals surface area (Å²) in [6.45, 7) is 0.364. The lowest BCUT2D eigenvalue weighted by Crippen LogP contribution is -2.52. The predicted octanol–water partition coefficient (Wildman–Crippen LogP) is 4.26. The Balaban J connectivity index is 1.21. The van der Waals surface area contributed by atoms with Gasteiger partial charge in [0.1, 0.15) is 6.04 Å². The molecule has 1 saturated heterocycles. The van der Waals surface area contributed by atoms with Gasteiger partial charge in [0, 0.05) is 30.6 Å². The predicted molar refractivity (Wildman–Crippen MR) is 127 cm³/mol. The zero-order valence-corrected chi connectivity index (χ0v) is 20.4. The third kappa shape index (κ3) is 5.31. The maximum absolute atomic E-state index is 13.0. The fourth-order valence-corrected chi connectivity index (χ4v) is 6.62. The molecule has 0 bridgehead atoms. The topological polar surface area (TPSA) is 78.5 Å². The summed E-state index contributed by atoms with van der Waals surface area (Å²) in [5.74, 6) is -1.63. The fraction of sp³-hybridized carbons (Fsp3) is 0.667. The van der Waals surface area contributed by atoms with Gasteiger partial charge in [-0.25, -0.2) is 0 Å². The summed E-state index contributed by atoms with van der Waals surface area (Å²) in [5, 5.41) is 6.05. The van der Waals surface area contributed by atoms with Crippen LogP contribution in [0.2, 0.25) is 0 Å². The lowest BCUT2D eigenvalue weighted by atomic mass is 9.78.